The fourth-order valence-electron chi connectivity index (χ4n) is 1.65. The second-order valence-electron chi connectivity index (χ2n) is 3.38. The Morgan fingerprint density at radius 3 is 2.62 bits per heavy atom. The Hall–Kier alpha value is -1.68. The summed E-state index contributed by atoms with van der Waals surface area (Å²) in [4.78, 5) is 0. The summed E-state index contributed by atoms with van der Waals surface area (Å²) >= 11 is 0. The van der Waals surface area contributed by atoms with E-state index in [1.807, 2.05) is 0 Å². The van der Waals surface area contributed by atoms with Crippen molar-refractivity contribution >= 4 is 0 Å². The summed E-state index contributed by atoms with van der Waals surface area (Å²) < 4.78 is 31.8. The largest absolute Gasteiger partial charge is 0.467 e. The summed E-state index contributed by atoms with van der Waals surface area (Å²) in [7, 11) is 1.66. The fraction of sp³-hybridized carbons (Fsp3) is 0.167. The van der Waals surface area contributed by atoms with Crippen LogP contribution in [0.25, 0.3) is 0 Å². The van der Waals surface area contributed by atoms with E-state index < -0.39 is 17.7 Å². The quantitative estimate of drug-likeness (QED) is 0.865. The van der Waals surface area contributed by atoms with Crippen molar-refractivity contribution in [1.29, 1.82) is 0 Å². The number of nitrogens with one attached hydrogen (secondary N) is 1. The Balaban J connectivity index is 2.45. The van der Waals surface area contributed by atoms with E-state index in [1.165, 1.54) is 18.4 Å². The first-order valence-corrected chi connectivity index (χ1v) is 4.88. The monoisotopic (exact) mass is 223 g/mol. The Morgan fingerprint density at radius 1 is 1.19 bits per heavy atom. The number of hydrogen-bond acceptors (Lipinski definition) is 2. The average molecular weight is 223 g/mol. The smallest absolute Gasteiger partial charge is 0.164 e. The summed E-state index contributed by atoms with van der Waals surface area (Å²) in [6.07, 6.45) is 1.50. The summed E-state index contributed by atoms with van der Waals surface area (Å²) in [6, 6.07) is 7.03. The molecular weight excluding hydrogens is 212 g/mol. The Labute approximate surface area is 91.9 Å². The van der Waals surface area contributed by atoms with E-state index in [0.29, 0.717) is 5.76 Å². The molecule has 0 radical (unpaired) electrons. The highest BCUT2D eigenvalue weighted by molar-refractivity contribution is 5.28. The topological polar surface area (TPSA) is 25.2 Å². The minimum absolute atomic E-state index is 0.234. The van der Waals surface area contributed by atoms with Crippen LogP contribution in [-0.4, -0.2) is 7.05 Å². The van der Waals surface area contributed by atoms with Crippen LogP contribution in [0.1, 0.15) is 17.4 Å². The van der Waals surface area contributed by atoms with Gasteiger partial charge < -0.3 is 9.73 Å². The molecule has 2 aromatic rings. The van der Waals surface area contributed by atoms with E-state index in [1.54, 1.807) is 19.2 Å². The molecule has 0 amide bonds. The molecule has 0 bridgehead atoms. The molecule has 0 saturated heterocycles. The third-order valence-corrected chi connectivity index (χ3v) is 2.41. The average Bonchev–Trinajstić information content (AvgIpc) is 2.79. The molecule has 16 heavy (non-hydrogen) atoms. The molecule has 0 saturated carbocycles. The first-order chi connectivity index (χ1) is 7.74. The third kappa shape index (κ3) is 1.84. The second-order valence-corrected chi connectivity index (χ2v) is 3.38. The maximum absolute atomic E-state index is 13.6. The van der Waals surface area contributed by atoms with Gasteiger partial charge in [-0.15, -0.1) is 0 Å². The summed E-state index contributed by atoms with van der Waals surface area (Å²) in [5.74, 6) is -1.16. The Kier molecular flexibility index (Phi) is 3.01. The van der Waals surface area contributed by atoms with Gasteiger partial charge >= 0.3 is 0 Å². The van der Waals surface area contributed by atoms with Crippen molar-refractivity contribution in [1.82, 2.24) is 5.32 Å². The van der Waals surface area contributed by atoms with Crippen molar-refractivity contribution in [2.24, 2.45) is 0 Å². The Morgan fingerprint density at radius 2 is 2.00 bits per heavy atom. The third-order valence-electron chi connectivity index (χ3n) is 2.41. The summed E-state index contributed by atoms with van der Waals surface area (Å²) in [6.45, 7) is 0. The van der Waals surface area contributed by atoms with Gasteiger partial charge in [-0.05, 0) is 25.2 Å². The second kappa shape index (κ2) is 4.45. The SMILES string of the molecule is CNC(c1ccco1)c1cccc(F)c1F. The normalized spacial score (nSPS) is 12.7. The van der Waals surface area contributed by atoms with Crippen LogP contribution in [-0.2, 0) is 0 Å². The zero-order chi connectivity index (χ0) is 11.5. The van der Waals surface area contributed by atoms with Crippen LogP contribution in [0.4, 0.5) is 8.78 Å². The van der Waals surface area contributed by atoms with E-state index in [0.717, 1.165) is 6.07 Å². The van der Waals surface area contributed by atoms with Gasteiger partial charge in [0, 0.05) is 5.56 Å². The highest BCUT2D eigenvalue weighted by Crippen LogP contribution is 2.25. The molecule has 1 atom stereocenters. The van der Waals surface area contributed by atoms with E-state index in [-0.39, 0.29) is 5.56 Å². The number of furan rings is 1. The van der Waals surface area contributed by atoms with Crippen LogP contribution < -0.4 is 5.32 Å². The molecule has 1 heterocycles. The predicted molar refractivity (Wildman–Crippen MR) is 56.0 cm³/mol. The molecule has 0 aliphatic rings. The molecule has 0 aliphatic heterocycles. The summed E-state index contributed by atoms with van der Waals surface area (Å²) in [5, 5.41) is 2.89. The van der Waals surface area contributed by atoms with E-state index in [4.69, 9.17) is 4.42 Å². The van der Waals surface area contributed by atoms with Crippen molar-refractivity contribution in [2.45, 2.75) is 6.04 Å². The van der Waals surface area contributed by atoms with Gasteiger partial charge in [0.25, 0.3) is 0 Å². The maximum Gasteiger partial charge on any atom is 0.164 e. The number of hydrogen-bond donors (Lipinski definition) is 1. The van der Waals surface area contributed by atoms with Crippen LogP contribution in [0.2, 0.25) is 0 Å². The molecule has 0 aliphatic carbocycles. The van der Waals surface area contributed by atoms with Crippen molar-refractivity contribution in [2.75, 3.05) is 7.05 Å². The molecule has 2 nitrogen and oxygen atoms in total. The molecule has 1 N–H and O–H groups in total. The lowest BCUT2D eigenvalue weighted by molar-refractivity contribution is 0.439. The van der Waals surface area contributed by atoms with Gasteiger partial charge in [-0.2, -0.15) is 0 Å². The number of benzene rings is 1. The minimum atomic E-state index is -0.857. The highest BCUT2D eigenvalue weighted by Gasteiger charge is 2.20. The molecule has 2 rings (SSSR count). The van der Waals surface area contributed by atoms with Gasteiger partial charge in [-0.25, -0.2) is 8.78 Å². The maximum atomic E-state index is 13.6. The van der Waals surface area contributed by atoms with Crippen LogP contribution >= 0.6 is 0 Å². The van der Waals surface area contributed by atoms with E-state index >= 15 is 0 Å². The lowest BCUT2D eigenvalue weighted by atomic mass is 10.0. The lowest BCUT2D eigenvalue weighted by Gasteiger charge is -2.14. The zero-order valence-electron chi connectivity index (χ0n) is 8.71. The van der Waals surface area contributed by atoms with Gasteiger partial charge in [-0.3, -0.25) is 0 Å². The van der Waals surface area contributed by atoms with E-state index in [2.05, 4.69) is 5.32 Å². The van der Waals surface area contributed by atoms with Crippen molar-refractivity contribution in [3.8, 4) is 0 Å². The van der Waals surface area contributed by atoms with Crippen molar-refractivity contribution in [3.63, 3.8) is 0 Å². The molecule has 4 heteroatoms. The van der Waals surface area contributed by atoms with Crippen molar-refractivity contribution < 1.29 is 13.2 Å². The van der Waals surface area contributed by atoms with Gasteiger partial charge in [0.1, 0.15) is 5.76 Å². The first kappa shape index (κ1) is 10.8. The first-order valence-electron chi connectivity index (χ1n) is 4.88. The van der Waals surface area contributed by atoms with Gasteiger partial charge in [0.05, 0.1) is 12.3 Å². The standard InChI is InChI=1S/C12H11F2NO/c1-15-12(10-6-3-7-16-10)8-4-2-5-9(13)11(8)14/h2-7,12,15H,1H3. The zero-order valence-corrected chi connectivity index (χ0v) is 8.71. The fourth-order valence-corrected chi connectivity index (χ4v) is 1.65. The molecule has 1 aromatic carbocycles. The summed E-state index contributed by atoms with van der Waals surface area (Å²) in [5.41, 5.74) is 0.234. The van der Waals surface area contributed by atoms with Crippen LogP contribution in [0.15, 0.2) is 41.0 Å². The molecule has 84 valence electrons. The van der Waals surface area contributed by atoms with Gasteiger partial charge in [-0.1, -0.05) is 12.1 Å². The van der Waals surface area contributed by atoms with E-state index in [9.17, 15) is 8.78 Å². The lowest BCUT2D eigenvalue weighted by Crippen LogP contribution is -2.18. The van der Waals surface area contributed by atoms with Gasteiger partial charge in [0.2, 0.25) is 0 Å². The van der Waals surface area contributed by atoms with Crippen LogP contribution in [0.5, 0.6) is 0 Å². The minimum Gasteiger partial charge on any atom is -0.467 e. The van der Waals surface area contributed by atoms with Crippen LogP contribution in [0, 0.1) is 11.6 Å². The molecular formula is C12H11F2NO. The highest BCUT2D eigenvalue weighted by atomic mass is 19.2. The van der Waals surface area contributed by atoms with Crippen LogP contribution in [0.3, 0.4) is 0 Å². The molecule has 1 aromatic heterocycles. The predicted octanol–water partition coefficient (Wildman–Crippen LogP) is 2.87. The number of rotatable bonds is 3. The molecule has 0 fully saturated rings. The molecule has 1 unspecified atom stereocenters. The molecule has 0 spiro atoms. The number of halogens is 2. The van der Waals surface area contributed by atoms with Crippen molar-refractivity contribution in [3.05, 3.63) is 59.6 Å². The Bertz CT molecular complexity index is 468. The van der Waals surface area contributed by atoms with Gasteiger partial charge in [0.15, 0.2) is 11.6 Å².